The fraction of sp³-hybridized carbons (Fsp3) is 0.700. The SMILES string of the molecule is C=CCCC1CCCCC/C=C\CCCC(=O)CCCC1=O. The highest BCUT2D eigenvalue weighted by Crippen LogP contribution is 2.21. The van der Waals surface area contributed by atoms with Crippen LogP contribution in [0, 0.1) is 5.92 Å². The fourth-order valence-electron chi connectivity index (χ4n) is 3.06. The first-order valence-electron chi connectivity index (χ1n) is 9.04. The van der Waals surface area contributed by atoms with Crippen molar-refractivity contribution in [3.8, 4) is 0 Å². The van der Waals surface area contributed by atoms with Crippen LogP contribution in [-0.2, 0) is 9.59 Å². The van der Waals surface area contributed by atoms with Gasteiger partial charge in [0, 0.05) is 25.2 Å². The van der Waals surface area contributed by atoms with Gasteiger partial charge in [0.05, 0.1) is 0 Å². The Morgan fingerprint density at radius 2 is 1.68 bits per heavy atom. The van der Waals surface area contributed by atoms with Crippen molar-refractivity contribution in [3.05, 3.63) is 24.8 Å². The smallest absolute Gasteiger partial charge is 0.136 e. The fourth-order valence-corrected chi connectivity index (χ4v) is 3.06. The summed E-state index contributed by atoms with van der Waals surface area (Å²) in [5.74, 6) is 0.856. The van der Waals surface area contributed by atoms with Crippen molar-refractivity contribution in [3.63, 3.8) is 0 Å². The first-order chi connectivity index (χ1) is 10.7. The molecular formula is C20H32O2. The molecule has 1 unspecified atom stereocenters. The number of Topliss-reactive ketones (excluding diaryl/α,β-unsaturated/α-hetero) is 2. The Morgan fingerprint density at radius 3 is 2.45 bits per heavy atom. The van der Waals surface area contributed by atoms with E-state index in [0.717, 1.165) is 51.4 Å². The van der Waals surface area contributed by atoms with Gasteiger partial charge in [0.15, 0.2) is 0 Å². The molecule has 0 aromatic rings. The van der Waals surface area contributed by atoms with E-state index >= 15 is 0 Å². The van der Waals surface area contributed by atoms with Crippen molar-refractivity contribution >= 4 is 11.6 Å². The molecule has 22 heavy (non-hydrogen) atoms. The van der Waals surface area contributed by atoms with Gasteiger partial charge in [-0.25, -0.2) is 0 Å². The molecule has 0 aliphatic heterocycles. The number of carbonyl (C=O) groups excluding carboxylic acids is 2. The number of allylic oxidation sites excluding steroid dienone is 3. The monoisotopic (exact) mass is 304 g/mol. The average molecular weight is 304 g/mol. The second-order valence-electron chi connectivity index (χ2n) is 6.42. The van der Waals surface area contributed by atoms with Gasteiger partial charge in [-0.05, 0) is 51.4 Å². The predicted molar refractivity (Wildman–Crippen MR) is 92.9 cm³/mol. The highest BCUT2D eigenvalue weighted by molar-refractivity contribution is 5.82. The Morgan fingerprint density at radius 1 is 0.955 bits per heavy atom. The Hall–Kier alpha value is -1.18. The van der Waals surface area contributed by atoms with Crippen LogP contribution in [0.5, 0.6) is 0 Å². The Bertz CT molecular complexity index is 368. The molecular weight excluding hydrogens is 272 g/mol. The van der Waals surface area contributed by atoms with Gasteiger partial charge in [-0.3, -0.25) is 9.59 Å². The normalized spacial score (nSPS) is 24.8. The molecule has 0 amide bonds. The molecule has 1 atom stereocenters. The summed E-state index contributed by atoms with van der Waals surface area (Å²) >= 11 is 0. The summed E-state index contributed by atoms with van der Waals surface area (Å²) in [7, 11) is 0. The molecule has 1 aliphatic rings. The molecule has 0 radical (unpaired) electrons. The molecule has 0 fully saturated rings. The van der Waals surface area contributed by atoms with Crippen LogP contribution in [0.3, 0.4) is 0 Å². The molecule has 0 saturated heterocycles. The minimum absolute atomic E-state index is 0.177. The van der Waals surface area contributed by atoms with Crippen LogP contribution in [0.25, 0.3) is 0 Å². The zero-order chi connectivity index (χ0) is 16.0. The van der Waals surface area contributed by atoms with Gasteiger partial charge in [-0.2, -0.15) is 0 Å². The quantitative estimate of drug-likeness (QED) is 0.639. The maximum Gasteiger partial charge on any atom is 0.136 e. The van der Waals surface area contributed by atoms with Crippen LogP contribution in [-0.4, -0.2) is 11.6 Å². The minimum atomic E-state index is 0.177. The van der Waals surface area contributed by atoms with Crippen LogP contribution in [0.1, 0.15) is 83.5 Å². The molecule has 0 spiro atoms. The zero-order valence-electron chi connectivity index (χ0n) is 14.0. The lowest BCUT2D eigenvalue weighted by atomic mass is 9.89. The molecule has 1 aliphatic carbocycles. The summed E-state index contributed by atoms with van der Waals surface area (Å²) in [6, 6.07) is 0. The summed E-state index contributed by atoms with van der Waals surface area (Å²) in [4.78, 5) is 24.2. The number of carbonyl (C=O) groups is 2. The van der Waals surface area contributed by atoms with Gasteiger partial charge in [0.25, 0.3) is 0 Å². The highest BCUT2D eigenvalue weighted by atomic mass is 16.1. The molecule has 1 rings (SSSR count). The van der Waals surface area contributed by atoms with Gasteiger partial charge in [-0.15, -0.1) is 6.58 Å². The van der Waals surface area contributed by atoms with Crippen molar-refractivity contribution in [1.29, 1.82) is 0 Å². The molecule has 124 valence electrons. The number of ketones is 2. The van der Waals surface area contributed by atoms with E-state index < -0.39 is 0 Å². The van der Waals surface area contributed by atoms with Crippen molar-refractivity contribution < 1.29 is 9.59 Å². The Balaban J connectivity index is 2.50. The van der Waals surface area contributed by atoms with E-state index in [1.807, 2.05) is 6.08 Å². The lowest BCUT2D eigenvalue weighted by Crippen LogP contribution is -2.15. The third-order valence-electron chi connectivity index (χ3n) is 4.47. The van der Waals surface area contributed by atoms with E-state index in [4.69, 9.17) is 0 Å². The molecule has 0 N–H and O–H groups in total. The van der Waals surface area contributed by atoms with Gasteiger partial charge in [0.1, 0.15) is 11.6 Å². The van der Waals surface area contributed by atoms with E-state index in [-0.39, 0.29) is 5.92 Å². The third kappa shape index (κ3) is 8.96. The average Bonchev–Trinajstić information content (AvgIpc) is 2.50. The minimum Gasteiger partial charge on any atom is -0.300 e. The van der Waals surface area contributed by atoms with Crippen LogP contribution < -0.4 is 0 Å². The van der Waals surface area contributed by atoms with Gasteiger partial charge in [-0.1, -0.05) is 31.1 Å². The first-order valence-corrected chi connectivity index (χ1v) is 9.04. The van der Waals surface area contributed by atoms with Gasteiger partial charge < -0.3 is 0 Å². The summed E-state index contributed by atoms with van der Waals surface area (Å²) in [6.45, 7) is 3.76. The van der Waals surface area contributed by atoms with Gasteiger partial charge >= 0.3 is 0 Å². The van der Waals surface area contributed by atoms with E-state index in [0.29, 0.717) is 30.8 Å². The summed E-state index contributed by atoms with van der Waals surface area (Å²) in [5, 5.41) is 0. The van der Waals surface area contributed by atoms with Crippen LogP contribution >= 0.6 is 0 Å². The second kappa shape index (κ2) is 12.4. The molecule has 2 nitrogen and oxygen atoms in total. The van der Waals surface area contributed by atoms with Crippen molar-refractivity contribution in [2.75, 3.05) is 0 Å². The Labute approximate surface area is 136 Å². The van der Waals surface area contributed by atoms with Crippen LogP contribution in [0.2, 0.25) is 0 Å². The molecule has 2 heteroatoms. The van der Waals surface area contributed by atoms with Crippen molar-refractivity contribution in [2.45, 2.75) is 83.5 Å². The molecule has 0 heterocycles. The second-order valence-corrected chi connectivity index (χ2v) is 6.42. The number of hydrogen-bond acceptors (Lipinski definition) is 2. The topological polar surface area (TPSA) is 34.1 Å². The molecule has 0 aromatic carbocycles. The molecule has 0 saturated carbocycles. The van der Waals surface area contributed by atoms with Crippen LogP contribution in [0.15, 0.2) is 24.8 Å². The largest absolute Gasteiger partial charge is 0.300 e. The summed E-state index contributed by atoms with van der Waals surface area (Å²) in [6.07, 6.45) is 18.4. The van der Waals surface area contributed by atoms with E-state index in [1.165, 1.54) is 12.8 Å². The molecule has 0 aromatic heterocycles. The number of hydrogen-bond donors (Lipinski definition) is 0. The summed E-state index contributed by atoms with van der Waals surface area (Å²) in [5.41, 5.74) is 0. The van der Waals surface area contributed by atoms with Crippen molar-refractivity contribution in [2.24, 2.45) is 5.92 Å². The third-order valence-corrected chi connectivity index (χ3v) is 4.47. The summed E-state index contributed by atoms with van der Waals surface area (Å²) < 4.78 is 0. The van der Waals surface area contributed by atoms with Gasteiger partial charge in [0.2, 0.25) is 0 Å². The standard InChI is InChI=1S/C20H32O2/c1-2-3-13-18-14-10-8-6-4-5-7-9-11-15-19(21)16-12-17-20(18)22/h2,5,7,18H,1,3-4,6,8-17H2/b7-5-. The predicted octanol–water partition coefficient (Wildman–Crippen LogP) is 5.57. The van der Waals surface area contributed by atoms with E-state index in [2.05, 4.69) is 18.7 Å². The zero-order valence-corrected chi connectivity index (χ0v) is 14.0. The lowest BCUT2D eigenvalue weighted by molar-refractivity contribution is -0.123. The van der Waals surface area contributed by atoms with E-state index in [1.54, 1.807) is 0 Å². The maximum atomic E-state index is 12.4. The number of rotatable bonds is 3. The lowest BCUT2D eigenvalue weighted by Gasteiger charge is -2.15. The first kappa shape index (κ1) is 18.9. The van der Waals surface area contributed by atoms with Crippen molar-refractivity contribution in [1.82, 2.24) is 0 Å². The maximum absolute atomic E-state index is 12.4. The Kier molecular flexibility index (Phi) is 10.6. The van der Waals surface area contributed by atoms with Crippen LogP contribution in [0.4, 0.5) is 0 Å². The highest BCUT2D eigenvalue weighted by Gasteiger charge is 2.17. The van der Waals surface area contributed by atoms with E-state index in [9.17, 15) is 9.59 Å². The molecule has 0 bridgehead atoms.